The molecular weight excluding hydrogens is 288 g/mol. The lowest BCUT2D eigenvalue weighted by Gasteiger charge is -2.17. The number of aryl methyl sites for hydroxylation is 1. The molecule has 0 aromatic heterocycles. The van der Waals surface area contributed by atoms with E-state index in [-0.39, 0.29) is 10.8 Å². The quantitative estimate of drug-likeness (QED) is 0.862. The van der Waals surface area contributed by atoms with Gasteiger partial charge in [-0.05, 0) is 42.4 Å². The molecule has 2 N–H and O–H groups in total. The van der Waals surface area contributed by atoms with E-state index in [4.69, 9.17) is 5.14 Å². The number of amides is 1. The van der Waals surface area contributed by atoms with E-state index in [9.17, 15) is 13.2 Å². The largest absolute Gasteiger partial charge is 0.345 e. The molecule has 0 saturated heterocycles. The number of carbonyl (C=O) groups excluding carboxylic acids is 1. The third kappa shape index (κ3) is 4.54. The van der Waals surface area contributed by atoms with Crippen LogP contribution in [0.3, 0.4) is 0 Å². The number of nitrogens with zero attached hydrogens (tertiary/aromatic N) is 1. The molecule has 116 valence electrons. The molecule has 2 rings (SSSR count). The average molecular weight is 310 g/mol. The van der Waals surface area contributed by atoms with E-state index in [1.807, 2.05) is 7.05 Å². The molecule has 1 fully saturated rings. The summed E-state index contributed by atoms with van der Waals surface area (Å²) in [5.41, 5.74) is 0.934. The second-order valence-corrected chi connectivity index (χ2v) is 7.50. The Hall–Kier alpha value is -1.40. The number of hydrogen-bond donors (Lipinski definition) is 1. The molecule has 0 heterocycles. The molecule has 1 aromatic carbocycles. The van der Waals surface area contributed by atoms with E-state index >= 15 is 0 Å². The Morgan fingerprint density at radius 1 is 1.33 bits per heavy atom. The highest BCUT2D eigenvalue weighted by atomic mass is 32.2. The molecule has 0 radical (unpaired) electrons. The number of carbonyl (C=O) groups is 1. The molecule has 6 heteroatoms. The Labute approximate surface area is 126 Å². The first kappa shape index (κ1) is 16.0. The van der Waals surface area contributed by atoms with Crippen molar-refractivity contribution < 1.29 is 13.2 Å². The van der Waals surface area contributed by atoms with Gasteiger partial charge in [0.05, 0.1) is 4.90 Å². The fourth-order valence-corrected chi connectivity index (χ4v) is 2.91. The highest BCUT2D eigenvalue weighted by molar-refractivity contribution is 7.89. The third-order valence-electron chi connectivity index (χ3n) is 4.09. The lowest BCUT2D eigenvalue weighted by Crippen LogP contribution is -2.29. The standard InChI is InChI=1S/C15H22N2O3S/c1-11-9-13(11)10-17(2)15(18)8-5-12-3-6-14(7-4-12)21(16,19)20/h3-4,6-7,11,13H,5,8-10H2,1-2H3,(H2,16,19,20). The first-order valence-corrected chi connectivity index (χ1v) is 8.67. The van der Waals surface area contributed by atoms with Gasteiger partial charge in [-0.3, -0.25) is 4.79 Å². The van der Waals surface area contributed by atoms with Crippen molar-refractivity contribution in [3.8, 4) is 0 Å². The van der Waals surface area contributed by atoms with Crippen molar-refractivity contribution in [1.29, 1.82) is 0 Å². The Balaban J connectivity index is 1.83. The fourth-order valence-electron chi connectivity index (χ4n) is 2.39. The van der Waals surface area contributed by atoms with Crippen molar-refractivity contribution in [1.82, 2.24) is 4.90 Å². The summed E-state index contributed by atoms with van der Waals surface area (Å²) in [6.07, 6.45) is 2.26. The van der Waals surface area contributed by atoms with Gasteiger partial charge in [0.2, 0.25) is 15.9 Å². The van der Waals surface area contributed by atoms with Crippen LogP contribution in [0.2, 0.25) is 0 Å². The molecule has 1 aliphatic rings. The van der Waals surface area contributed by atoms with Crippen LogP contribution in [-0.2, 0) is 21.2 Å². The van der Waals surface area contributed by atoms with Crippen molar-refractivity contribution >= 4 is 15.9 Å². The molecule has 2 unspecified atom stereocenters. The van der Waals surface area contributed by atoms with Crippen LogP contribution in [-0.4, -0.2) is 32.8 Å². The van der Waals surface area contributed by atoms with E-state index in [0.29, 0.717) is 18.8 Å². The maximum Gasteiger partial charge on any atom is 0.238 e. The topological polar surface area (TPSA) is 80.5 Å². The SMILES string of the molecule is CC1CC1CN(C)C(=O)CCc1ccc(S(N)(=O)=O)cc1. The molecule has 1 aliphatic carbocycles. The van der Waals surface area contributed by atoms with E-state index < -0.39 is 10.0 Å². The molecule has 1 saturated carbocycles. The zero-order chi connectivity index (χ0) is 15.6. The second-order valence-electron chi connectivity index (χ2n) is 5.94. The van der Waals surface area contributed by atoms with Crippen LogP contribution in [0.1, 0.15) is 25.3 Å². The van der Waals surface area contributed by atoms with Gasteiger partial charge in [-0.2, -0.15) is 0 Å². The molecular formula is C15H22N2O3S. The number of benzene rings is 1. The summed E-state index contributed by atoms with van der Waals surface area (Å²) in [5, 5.41) is 5.04. The molecule has 0 aliphatic heterocycles. The molecule has 5 nitrogen and oxygen atoms in total. The van der Waals surface area contributed by atoms with Crippen molar-refractivity contribution in [2.45, 2.75) is 31.1 Å². The summed E-state index contributed by atoms with van der Waals surface area (Å²) in [5.74, 6) is 1.53. The summed E-state index contributed by atoms with van der Waals surface area (Å²) in [7, 11) is -1.81. The fraction of sp³-hybridized carbons (Fsp3) is 0.533. The minimum Gasteiger partial charge on any atom is -0.345 e. The molecule has 2 atom stereocenters. The normalized spacial score (nSPS) is 21.1. The number of sulfonamides is 1. The Morgan fingerprint density at radius 2 is 1.90 bits per heavy atom. The molecule has 1 amide bonds. The number of nitrogens with two attached hydrogens (primary N) is 1. The average Bonchev–Trinajstić information content (AvgIpc) is 3.10. The monoisotopic (exact) mass is 310 g/mol. The van der Waals surface area contributed by atoms with Gasteiger partial charge in [0.1, 0.15) is 0 Å². The van der Waals surface area contributed by atoms with Crippen LogP contribution in [0, 0.1) is 11.8 Å². The van der Waals surface area contributed by atoms with Crippen molar-refractivity contribution in [3.05, 3.63) is 29.8 Å². The maximum absolute atomic E-state index is 12.0. The summed E-state index contributed by atoms with van der Waals surface area (Å²) in [6, 6.07) is 6.36. The van der Waals surface area contributed by atoms with Crippen LogP contribution in [0.25, 0.3) is 0 Å². The highest BCUT2D eigenvalue weighted by Gasteiger charge is 2.33. The van der Waals surface area contributed by atoms with Gasteiger partial charge in [0, 0.05) is 20.0 Å². The van der Waals surface area contributed by atoms with Crippen molar-refractivity contribution in [3.63, 3.8) is 0 Å². The lowest BCUT2D eigenvalue weighted by atomic mass is 10.1. The van der Waals surface area contributed by atoms with Crippen LogP contribution < -0.4 is 5.14 Å². The first-order valence-electron chi connectivity index (χ1n) is 7.13. The summed E-state index contributed by atoms with van der Waals surface area (Å²) in [6.45, 7) is 3.04. The van der Waals surface area contributed by atoms with E-state index in [1.165, 1.54) is 18.6 Å². The molecule has 0 spiro atoms. The van der Waals surface area contributed by atoms with Crippen molar-refractivity contribution in [2.24, 2.45) is 17.0 Å². The zero-order valence-corrected chi connectivity index (χ0v) is 13.3. The van der Waals surface area contributed by atoms with Crippen molar-refractivity contribution in [2.75, 3.05) is 13.6 Å². The predicted molar refractivity (Wildman–Crippen MR) is 81.0 cm³/mol. The van der Waals surface area contributed by atoms with E-state index in [2.05, 4.69) is 6.92 Å². The third-order valence-corrected chi connectivity index (χ3v) is 5.02. The lowest BCUT2D eigenvalue weighted by molar-refractivity contribution is -0.130. The number of hydrogen-bond acceptors (Lipinski definition) is 3. The first-order chi connectivity index (χ1) is 9.77. The van der Waals surface area contributed by atoms with Gasteiger partial charge < -0.3 is 4.90 Å². The summed E-state index contributed by atoms with van der Waals surface area (Å²) < 4.78 is 22.3. The van der Waals surface area contributed by atoms with Crippen LogP contribution in [0.4, 0.5) is 0 Å². The van der Waals surface area contributed by atoms with E-state index in [1.54, 1.807) is 17.0 Å². The van der Waals surface area contributed by atoms with Crippen LogP contribution >= 0.6 is 0 Å². The van der Waals surface area contributed by atoms with Crippen LogP contribution in [0.5, 0.6) is 0 Å². The molecule has 1 aromatic rings. The van der Waals surface area contributed by atoms with Gasteiger partial charge >= 0.3 is 0 Å². The van der Waals surface area contributed by atoms with Gasteiger partial charge in [-0.25, -0.2) is 13.6 Å². The second kappa shape index (κ2) is 6.15. The summed E-state index contributed by atoms with van der Waals surface area (Å²) >= 11 is 0. The van der Waals surface area contributed by atoms with Gasteiger partial charge in [0.15, 0.2) is 0 Å². The van der Waals surface area contributed by atoms with Gasteiger partial charge in [0.25, 0.3) is 0 Å². The Bertz CT molecular complexity index is 610. The highest BCUT2D eigenvalue weighted by Crippen LogP contribution is 2.38. The molecule has 0 bridgehead atoms. The smallest absolute Gasteiger partial charge is 0.238 e. The van der Waals surface area contributed by atoms with E-state index in [0.717, 1.165) is 18.0 Å². The van der Waals surface area contributed by atoms with Gasteiger partial charge in [-0.1, -0.05) is 19.1 Å². The Kier molecular flexibility index (Phi) is 4.68. The Morgan fingerprint density at radius 3 is 2.38 bits per heavy atom. The summed E-state index contributed by atoms with van der Waals surface area (Å²) in [4.78, 5) is 13.9. The number of primary sulfonamides is 1. The molecule has 21 heavy (non-hydrogen) atoms. The minimum absolute atomic E-state index is 0.0948. The zero-order valence-electron chi connectivity index (χ0n) is 12.5. The maximum atomic E-state index is 12.0. The minimum atomic E-state index is -3.65. The van der Waals surface area contributed by atoms with Crippen LogP contribution in [0.15, 0.2) is 29.2 Å². The number of rotatable bonds is 6. The predicted octanol–water partition coefficient (Wildman–Crippen LogP) is 1.38. The van der Waals surface area contributed by atoms with Gasteiger partial charge in [-0.15, -0.1) is 0 Å².